The molecule has 0 aliphatic rings. The van der Waals surface area contributed by atoms with E-state index in [2.05, 4.69) is 4.84 Å². The quantitative estimate of drug-likeness (QED) is 0.291. The molecular weight excluding hydrogens is 284 g/mol. The van der Waals surface area contributed by atoms with Gasteiger partial charge in [-0.25, -0.2) is 4.84 Å². The Morgan fingerprint density at radius 1 is 1.35 bits per heavy atom. The molecule has 0 aliphatic heterocycles. The average Bonchev–Trinajstić information content (AvgIpc) is 2.46. The third-order valence-electron chi connectivity index (χ3n) is 2.78. The van der Waals surface area contributed by atoms with Crippen molar-refractivity contribution in [3.05, 3.63) is 23.8 Å². The second kappa shape index (κ2) is 9.17. The highest BCUT2D eigenvalue weighted by Gasteiger charge is 2.16. The van der Waals surface area contributed by atoms with Gasteiger partial charge in [0.15, 0.2) is 0 Å². The molecule has 8 heteroatoms. The van der Waals surface area contributed by atoms with Crippen LogP contribution in [0.2, 0.25) is 0 Å². The van der Waals surface area contributed by atoms with Crippen molar-refractivity contribution in [3.63, 3.8) is 0 Å². The largest absolute Gasteiger partial charge is 0.494 e. The second-order valence-electron chi connectivity index (χ2n) is 4.22. The van der Waals surface area contributed by atoms with Crippen LogP contribution in [-0.2, 0) is 0 Å². The predicted molar refractivity (Wildman–Crippen MR) is 76.1 cm³/mol. The topological polar surface area (TPSA) is 102 Å². The fourth-order valence-corrected chi connectivity index (χ4v) is 1.84. The van der Waals surface area contributed by atoms with Crippen molar-refractivity contribution in [1.29, 1.82) is 0 Å². The van der Waals surface area contributed by atoms with Crippen molar-refractivity contribution in [1.82, 2.24) is 4.84 Å². The maximum atomic E-state index is 9.90. The first-order chi connectivity index (χ1) is 9.63. The van der Waals surface area contributed by atoms with Crippen molar-refractivity contribution in [2.24, 2.45) is 0 Å². The van der Waals surface area contributed by atoms with Crippen molar-refractivity contribution >= 4 is 24.7 Å². The third kappa shape index (κ3) is 4.94. The van der Waals surface area contributed by atoms with Crippen LogP contribution in [-0.4, -0.2) is 53.7 Å². The van der Waals surface area contributed by atoms with Crippen LogP contribution in [0.4, 0.5) is 0 Å². The number of aliphatic hydroxyl groups is 3. The van der Waals surface area contributed by atoms with E-state index in [0.717, 1.165) is 7.48 Å². The molecule has 0 saturated carbocycles. The average molecular weight is 303 g/mol. The van der Waals surface area contributed by atoms with E-state index in [1.165, 1.54) is 0 Å². The molecule has 1 aromatic carbocycles. The minimum absolute atomic E-state index is 0.120. The van der Waals surface area contributed by atoms with E-state index in [4.69, 9.17) is 21.6 Å². The molecule has 1 radical (unpaired) electrons. The van der Waals surface area contributed by atoms with Crippen LogP contribution in [0, 0.1) is 0 Å². The van der Waals surface area contributed by atoms with Gasteiger partial charge >= 0.3 is 7.48 Å². The van der Waals surface area contributed by atoms with Crippen LogP contribution in [0.5, 0.6) is 5.75 Å². The number of benzene rings is 1. The number of hydrogen-bond acceptors (Lipinski definition) is 6. The summed E-state index contributed by atoms with van der Waals surface area (Å²) in [5, 5.41) is 37.1. The van der Waals surface area contributed by atoms with Crippen LogP contribution in [0.25, 0.3) is 0 Å². The van der Waals surface area contributed by atoms with Gasteiger partial charge in [-0.05, 0) is 28.9 Å². The maximum Gasteiger partial charge on any atom is 0.331 e. The number of aliphatic hydroxyl groups excluding tert-OH is 3. The zero-order valence-corrected chi connectivity index (χ0v) is 11.6. The minimum atomic E-state index is -0.891. The number of halogens is 1. The molecule has 5 N–H and O–H groups in total. The summed E-state index contributed by atoms with van der Waals surface area (Å²) in [6.07, 6.45) is -1.47. The summed E-state index contributed by atoms with van der Waals surface area (Å²) < 4.78 is 5.44. The SMILES string of the molecule is O[B]c1c(OCC[C@H](O)CO)cccc1C(O)CNCl. The van der Waals surface area contributed by atoms with Gasteiger partial charge in [0.2, 0.25) is 0 Å². The van der Waals surface area contributed by atoms with E-state index < -0.39 is 12.2 Å². The Morgan fingerprint density at radius 2 is 2.10 bits per heavy atom. The van der Waals surface area contributed by atoms with Gasteiger partial charge in [-0.3, -0.25) is 0 Å². The minimum Gasteiger partial charge on any atom is -0.494 e. The van der Waals surface area contributed by atoms with E-state index in [-0.39, 0.29) is 26.2 Å². The van der Waals surface area contributed by atoms with E-state index >= 15 is 0 Å². The summed E-state index contributed by atoms with van der Waals surface area (Å²) in [5.74, 6) is 0.378. The van der Waals surface area contributed by atoms with Crippen LogP contribution in [0.3, 0.4) is 0 Å². The summed E-state index contributed by atoms with van der Waals surface area (Å²) in [7, 11) is 0.852. The van der Waals surface area contributed by atoms with Crippen molar-refractivity contribution in [2.75, 3.05) is 19.8 Å². The van der Waals surface area contributed by atoms with Crippen LogP contribution >= 0.6 is 11.8 Å². The molecule has 0 amide bonds. The summed E-state index contributed by atoms with van der Waals surface area (Å²) in [5.41, 5.74) is 0.825. The maximum absolute atomic E-state index is 9.90. The lowest BCUT2D eigenvalue weighted by atomic mass is 9.81. The fourth-order valence-electron chi connectivity index (χ4n) is 1.69. The molecule has 1 rings (SSSR count). The van der Waals surface area contributed by atoms with Crippen molar-refractivity contribution < 1.29 is 25.1 Å². The first kappa shape index (κ1) is 17.2. The molecule has 0 heterocycles. The Morgan fingerprint density at radius 3 is 2.70 bits per heavy atom. The highest BCUT2D eigenvalue weighted by Crippen LogP contribution is 2.16. The van der Waals surface area contributed by atoms with Gasteiger partial charge in [0.1, 0.15) is 5.75 Å². The standard InChI is InChI=1S/C12H18BClNO5/c14-15-6-10(18)9-2-1-3-11(12(9)13-19)20-5-4-8(17)7-16/h1-3,8,10,15-19H,4-7H2/t8-,10?/m0/s1. The highest BCUT2D eigenvalue weighted by atomic mass is 35.5. The molecule has 2 atom stereocenters. The Labute approximate surface area is 123 Å². The molecule has 0 spiro atoms. The Balaban J connectivity index is 2.78. The van der Waals surface area contributed by atoms with Crippen LogP contribution in [0.15, 0.2) is 18.2 Å². The number of rotatable bonds is 9. The third-order valence-corrected chi connectivity index (χ3v) is 2.93. The molecule has 0 bridgehead atoms. The Hall–Kier alpha value is -0.825. The lowest BCUT2D eigenvalue weighted by molar-refractivity contribution is 0.0755. The van der Waals surface area contributed by atoms with Gasteiger partial charge in [0.25, 0.3) is 0 Å². The van der Waals surface area contributed by atoms with Crippen molar-refractivity contribution in [2.45, 2.75) is 18.6 Å². The predicted octanol–water partition coefficient (Wildman–Crippen LogP) is -1.18. The van der Waals surface area contributed by atoms with E-state index in [0.29, 0.717) is 16.8 Å². The zero-order valence-electron chi connectivity index (χ0n) is 10.9. The zero-order chi connectivity index (χ0) is 15.0. The smallest absolute Gasteiger partial charge is 0.331 e. The summed E-state index contributed by atoms with van der Waals surface area (Å²) in [4.78, 5) is 2.33. The molecule has 6 nitrogen and oxygen atoms in total. The van der Waals surface area contributed by atoms with Gasteiger partial charge in [-0.2, -0.15) is 0 Å². The molecule has 0 aromatic heterocycles. The normalized spacial score (nSPS) is 13.8. The van der Waals surface area contributed by atoms with Crippen LogP contribution in [0.1, 0.15) is 18.1 Å². The van der Waals surface area contributed by atoms with Crippen molar-refractivity contribution in [3.8, 4) is 5.75 Å². The fraction of sp³-hybridized carbons (Fsp3) is 0.500. The molecule has 111 valence electrons. The first-order valence-corrected chi connectivity index (χ1v) is 6.55. The molecule has 1 aromatic rings. The monoisotopic (exact) mass is 302 g/mol. The molecule has 20 heavy (non-hydrogen) atoms. The van der Waals surface area contributed by atoms with Gasteiger partial charge in [0, 0.05) is 13.0 Å². The van der Waals surface area contributed by atoms with Gasteiger partial charge in [-0.15, -0.1) is 0 Å². The van der Waals surface area contributed by atoms with E-state index in [1.807, 2.05) is 0 Å². The molecule has 1 unspecified atom stereocenters. The molecule has 0 aliphatic carbocycles. The molecule has 0 saturated heterocycles. The van der Waals surface area contributed by atoms with Gasteiger partial charge < -0.3 is 25.1 Å². The lowest BCUT2D eigenvalue weighted by Gasteiger charge is -2.17. The molecule has 0 fully saturated rings. The van der Waals surface area contributed by atoms with E-state index in [9.17, 15) is 15.2 Å². The summed E-state index contributed by atoms with van der Waals surface area (Å²) in [6.45, 7) is -0.0343. The Bertz CT molecular complexity index is 409. The highest BCUT2D eigenvalue weighted by molar-refractivity contribution is 6.47. The lowest BCUT2D eigenvalue weighted by Crippen LogP contribution is -2.27. The van der Waals surface area contributed by atoms with Crippen LogP contribution < -0.4 is 15.0 Å². The Kier molecular flexibility index (Phi) is 7.90. The van der Waals surface area contributed by atoms with Gasteiger partial charge in [0.05, 0.1) is 25.4 Å². The van der Waals surface area contributed by atoms with E-state index in [1.54, 1.807) is 18.2 Å². The number of ether oxygens (including phenoxy) is 1. The second-order valence-corrected chi connectivity index (χ2v) is 4.48. The summed E-state index contributed by atoms with van der Waals surface area (Å²) >= 11 is 5.35. The first-order valence-electron chi connectivity index (χ1n) is 6.17. The number of nitrogens with one attached hydrogen (secondary N) is 1. The summed E-state index contributed by atoms with van der Waals surface area (Å²) in [6, 6.07) is 4.96. The number of hydrogen-bond donors (Lipinski definition) is 5. The molecular formula is C12H18BClNO5. The van der Waals surface area contributed by atoms with Gasteiger partial charge in [-0.1, -0.05) is 12.1 Å².